The Morgan fingerprint density at radius 3 is 2.81 bits per heavy atom. The second kappa shape index (κ2) is 5.03. The number of methoxy groups -OCH3 is 1. The van der Waals surface area contributed by atoms with Crippen LogP contribution >= 0.6 is 0 Å². The van der Waals surface area contributed by atoms with Gasteiger partial charge in [-0.1, -0.05) is 19.8 Å². The molecule has 0 saturated heterocycles. The van der Waals surface area contributed by atoms with E-state index in [0.717, 1.165) is 25.3 Å². The monoisotopic (exact) mass is 226 g/mol. The number of nitrogens with one attached hydrogen (secondary N) is 1. The van der Waals surface area contributed by atoms with Crippen molar-refractivity contribution in [2.75, 3.05) is 13.7 Å². The van der Waals surface area contributed by atoms with E-state index in [1.807, 2.05) is 0 Å². The Morgan fingerprint density at radius 1 is 1.44 bits per heavy atom. The Hall–Kier alpha value is -0.120. The molecule has 0 amide bonds. The van der Waals surface area contributed by atoms with Crippen molar-refractivity contribution in [3.05, 3.63) is 0 Å². The quantitative estimate of drug-likeness (QED) is 0.766. The van der Waals surface area contributed by atoms with Crippen LogP contribution in [0.4, 0.5) is 0 Å². The number of nitrogens with two attached hydrogens (primary N) is 1. The van der Waals surface area contributed by atoms with Crippen LogP contribution in [0.25, 0.3) is 0 Å². The van der Waals surface area contributed by atoms with E-state index in [2.05, 4.69) is 12.2 Å². The zero-order chi connectivity index (χ0) is 11.6. The summed E-state index contributed by atoms with van der Waals surface area (Å²) >= 11 is 0. The van der Waals surface area contributed by atoms with E-state index in [-0.39, 0.29) is 5.54 Å². The summed E-state index contributed by atoms with van der Waals surface area (Å²) in [5.41, 5.74) is 6.50. The van der Waals surface area contributed by atoms with Crippen molar-refractivity contribution >= 4 is 0 Å². The molecule has 3 heteroatoms. The zero-order valence-electron chi connectivity index (χ0n) is 10.7. The predicted molar refractivity (Wildman–Crippen MR) is 66.4 cm³/mol. The smallest absolute Gasteiger partial charge is 0.0601 e. The Morgan fingerprint density at radius 2 is 2.19 bits per heavy atom. The molecule has 0 aromatic heterocycles. The van der Waals surface area contributed by atoms with Crippen molar-refractivity contribution in [2.24, 2.45) is 11.7 Å². The van der Waals surface area contributed by atoms with Gasteiger partial charge in [-0.25, -0.2) is 0 Å². The molecule has 16 heavy (non-hydrogen) atoms. The van der Waals surface area contributed by atoms with Gasteiger partial charge < -0.3 is 15.8 Å². The molecule has 2 aliphatic rings. The lowest BCUT2D eigenvalue weighted by Crippen LogP contribution is -2.56. The molecule has 2 saturated carbocycles. The summed E-state index contributed by atoms with van der Waals surface area (Å²) in [4.78, 5) is 0. The summed E-state index contributed by atoms with van der Waals surface area (Å²) in [5, 5.41) is 3.61. The van der Waals surface area contributed by atoms with Crippen molar-refractivity contribution in [1.29, 1.82) is 0 Å². The van der Waals surface area contributed by atoms with E-state index in [4.69, 9.17) is 10.5 Å². The Bertz CT molecular complexity index is 228. The van der Waals surface area contributed by atoms with Crippen LogP contribution in [0, 0.1) is 5.92 Å². The third-order valence-corrected chi connectivity index (χ3v) is 4.30. The van der Waals surface area contributed by atoms with Gasteiger partial charge in [-0.15, -0.1) is 0 Å². The van der Waals surface area contributed by atoms with Gasteiger partial charge in [0.2, 0.25) is 0 Å². The van der Waals surface area contributed by atoms with Crippen LogP contribution in [0.2, 0.25) is 0 Å². The van der Waals surface area contributed by atoms with Crippen molar-refractivity contribution < 1.29 is 4.74 Å². The van der Waals surface area contributed by atoms with Crippen molar-refractivity contribution in [3.8, 4) is 0 Å². The lowest BCUT2D eigenvalue weighted by molar-refractivity contribution is 0.0149. The highest BCUT2D eigenvalue weighted by molar-refractivity contribution is 4.94. The minimum atomic E-state index is 0.0514. The molecule has 3 N–H and O–H groups in total. The van der Waals surface area contributed by atoms with E-state index >= 15 is 0 Å². The van der Waals surface area contributed by atoms with Crippen LogP contribution in [0.3, 0.4) is 0 Å². The molecule has 2 fully saturated rings. The minimum Gasteiger partial charge on any atom is -0.381 e. The van der Waals surface area contributed by atoms with Gasteiger partial charge in [0.1, 0.15) is 0 Å². The van der Waals surface area contributed by atoms with E-state index in [0.29, 0.717) is 12.1 Å². The van der Waals surface area contributed by atoms with Gasteiger partial charge in [0.15, 0.2) is 0 Å². The standard InChI is InChI=1S/C13H26N2O/c1-10-4-3-5-13(14,8-10)9-15-11-6-12(7-11)16-2/h10-12,15H,3-9,14H2,1-2H3. The molecule has 0 aromatic carbocycles. The lowest BCUT2D eigenvalue weighted by atomic mass is 9.76. The number of hydrogen-bond donors (Lipinski definition) is 2. The summed E-state index contributed by atoms with van der Waals surface area (Å²) in [6.45, 7) is 3.31. The fourth-order valence-electron chi connectivity index (χ4n) is 3.13. The second-order valence-electron chi connectivity index (χ2n) is 5.97. The van der Waals surface area contributed by atoms with Gasteiger partial charge in [0.25, 0.3) is 0 Å². The van der Waals surface area contributed by atoms with Gasteiger partial charge in [0, 0.05) is 25.2 Å². The molecule has 0 aliphatic heterocycles. The molecule has 2 unspecified atom stereocenters. The molecule has 0 radical (unpaired) electrons. The Kier molecular flexibility index (Phi) is 3.88. The van der Waals surface area contributed by atoms with Gasteiger partial charge in [0.05, 0.1) is 6.10 Å². The molecule has 0 bridgehead atoms. The molecule has 2 atom stereocenters. The first-order valence-corrected chi connectivity index (χ1v) is 6.66. The fraction of sp³-hybridized carbons (Fsp3) is 1.00. The van der Waals surface area contributed by atoms with Crippen LogP contribution in [0.5, 0.6) is 0 Å². The van der Waals surface area contributed by atoms with Crippen LogP contribution in [-0.4, -0.2) is 31.3 Å². The van der Waals surface area contributed by atoms with Crippen molar-refractivity contribution in [3.63, 3.8) is 0 Å². The summed E-state index contributed by atoms with van der Waals surface area (Å²) in [7, 11) is 1.80. The van der Waals surface area contributed by atoms with E-state index < -0.39 is 0 Å². The maximum atomic E-state index is 6.45. The highest BCUT2D eigenvalue weighted by Gasteiger charge is 2.34. The van der Waals surface area contributed by atoms with Crippen LogP contribution in [-0.2, 0) is 4.74 Å². The molecular weight excluding hydrogens is 200 g/mol. The SMILES string of the molecule is COC1CC(NCC2(N)CCCC(C)C2)C1. The van der Waals surface area contributed by atoms with Crippen LogP contribution in [0.15, 0.2) is 0 Å². The first kappa shape index (κ1) is 12.3. The zero-order valence-corrected chi connectivity index (χ0v) is 10.7. The summed E-state index contributed by atoms with van der Waals surface area (Å²) in [5.74, 6) is 0.800. The third kappa shape index (κ3) is 2.96. The van der Waals surface area contributed by atoms with Gasteiger partial charge in [-0.05, 0) is 31.6 Å². The highest BCUT2D eigenvalue weighted by atomic mass is 16.5. The highest BCUT2D eigenvalue weighted by Crippen LogP contribution is 2.31. The molecule has 3 nitrogen and oxygen atoms in total. The first-order valence-electron chi connectivity index (χ1n) is 6.66. The summed E-state index contributed by atoms with van der Waals surface area (Å²) in [6, 6.07) is 0.641. The third-order valence-electron chi connectivity index (χ3n) is 4.30. The number of ether oxygens (including phenoxy) is 1. The molecule has 94 valence electrons. The van der Waals surface area contributed by atoms with Crippen LogP contribution in [0.1, 0.15) is 45.4 Å². The number of rotatable bonds is 4. The van der Waals surface area contributed by atoms with E-state index in [1.165, 1.54) is 25.7 Å². The first-order chi connectivity index (χ1) is 7.61. The molecule has 0 spiro atoms. The van der Waals surface area contributed by atoms with Crippen molar-refractivity contribution in [1.82, 2.24) is 5.32 Å². The maximum Gasteiger partial charge on any atom is 0.0601 e. The molecular formula is C13H26N2O. The molecule has 0 aromatic rings. The maximum absolute atomic E-state index is 6.45. The summed E-state index contributed by atoms with van der Waals surface area (Å²) < 4.78 is 5.28. The normalized spacial score (nSPS) is 44.1. The largest absolute Gasteiger partial charge is 0.381 e. The predicted octanol–water partition coefficient (Wildman–Crippen LogP) is 1.66. The summed E-state index contributed by atoms with van der Waals surface area (Å²) in [6.07, 6.45) is 7.81. The minimum absolute atomic E-state index is 0.0514. The topological polar surface area (TPSA) is 47.3 Å². The van der Waals surface area contributed by atoms with Gasteiger partial charge in [-0.2, -0.15) is 0 Å². The van der Waals surface area contributed by atoms with E-state index in [9.17, 15) is 0 Å². The Labute approximate surface area is 99.1 Å². The molecule has 2 aliphatic carbocycles. The Balaban J connectivity index is 1.69. The average Bonchev–Trinajstić information content (AvgIpc) is 2.15. The van der Waals surface area contributed by atoms with Gasteiger partial charge in [-0.3, -0.25) is 0 Å². The average molecular weight is 226 g/mol. The fourth-order valence-corrected chi connectivity index (χ4v) is 3.13. The number of hydrogen-bond acceptors (Lipinski definition) is 3. The lowest BCUT2D eigenvalue weighted by Gasteiger charge is -2.41. The molecule has 0 heterocycles. The second-order valence-corrected chi connectivity index (χ2v) is 5.97. The van der Waals surface area contributed by atoms with Crippen LogP contribution < -0.4 is 11.1 Å². The molecule has 2 rings (SSSR count). The van der Waals surface area contributed by atoms with Gasteiger partial charge >= 0.3 is 0 Å². The van der Waals surface area contributed by atoms with E-state index in [1.54, 1.807) is 7.11 Å². The van der Waals surface area contributed by atoms with Crippen molar-refractivity contribution in [2.45, 2.75) is 63.1 Å².